The van der Waals surface area contributed by atoms with Gasteiger partial charge in [-0.15, -0.1) is 0 Å². The van der Waals surface area contributed by atoms with E-state index in [0.29, 0.717) is 12.2 Å². The molecule has 0 aromatic heterocycles. The molecule has 0 saturated carbocycles. The first-order valence-corrected chi connectivity index (χ1v) is 6.41. The Balaban J connectivity index is 2.28. The zero-order valence-corrected chi connectivity index (χ0v) is 11.4. The van der Waals surface area contributed by atoms with Gasteiger partial charge in [-0.05, 0) is 41.0 Å². The smallest absolute Gasteiger partial charge is 0.338 e. The molecule has 0 fully saturated rings. The Morgan fingerprint density at radius 1 is 1.05 bits per heavy atom. The number of ether oxygens (including phenoxy) is 1. The lowest BCUT2D eigenvalue weighted by atomic mass is 10.0. The molecule has 1 N–H and O–H groups in total. The second-order valence-corrected chi connectivity index (χ2v) is 5.07. The van der Waals surface area contributed by atoms with Crippen LogP contribution in [0.5, 0.6) is 0 Å². The molecule has 0 aliphatic heterocycles. The van der Waals surface area contributed by atoms with Crippen LogP contribution in [0.25, 0.3) is 10.8 Å². The summed E-state index contributed by atoms with van der Waals surface area (Å²) in [6.07, 6.45) is 0. The molecule has 0 atom stereocenters. The Hall–Kier alpha value is -2.36. The van der Waals surface area contributed by atoms with Crippen LogP contribution in [-0.2, 0) is 4.74 Å². The number of benzene rings is 2. The first-order valence-electron chi connectivity index (χ1n) is 6.41. The van der Waals surface area contributed by atoms with Gasteiger partial charge in [0, 0.05) is 0 Å². The number of aromatic carboxylic acids is 1. The maximum absolute atomic E-state index is 11.9. The Morgan fingerprint density at radius 3 is 2.15 bits per heavy atom. The van der Waals surface area contributed by atoms with E-state index in [1.165, 1.54) is 6.07 Å². The predicted octanol–water partition coefficient (Wildman–Crippen LogP) is 3.35. The molecule has 4 heteroatoms. The van der Waals surface area contributed by atoms with Crippen molar-refractivity contribution in [2.75, 3.05) is 6.61 Å². The zero-order valence-electron chi connectivity index (χ0n) is 11.4. The van der Waals surface area contributed by atoms with Crippen molar-refractivity contribution in [3.8, 4) is 0 Å². The van der Waals surface area contributed by atoms with Crippen molar-refractivity contribution in [2.45, 2.75) is 13.8 Å². The zero-order chi connectivity index (χ0) is 14.7. The van der Waals surface area contributed by atoms with Crippen LogP contribution in [0.15, 0.2) is 36.4 Å². The molecule has 0 aliphatic carbocycles. The van der Waals surface area contributed by atoms with Gasteiger partial charge in [-0.25, -0.2) is 9.59 Å². The highest BCUT2D eigenvalue weighted by Gasteiger charge is 2.10. The average Bonchev–Trinajstić information content (AvgIpc) is 2.43. The normalized spacial score (nSPS) is 10.8. The van der Waals surface area contributed by atoms with Gasteiger partial charge in [-0.1, -0.05) is 26.0 Å². The number of hydrogen-bond donors (Lipinski definition) is 1. The SMILES string of the molecule is CC(C)COC(=O)c1ccc2cc(C(=O)O)ccc2c1. The number of carbonyl (C=O) groups is 2. The summed E-state index contributed by atoms with van der Waals surface area (Å²) in [4.78, 5) is 22.7. The average molecular weight is 272 g/mol. The number of carboxylic acids is 1. The summed E-state index contributed by atoms with van der Waals surface area (Å²) in [5.41, 5.74) is 0.703. The maximum Gasteiger partial charge on any atom is 0.338 e. The molecule has 2 aromatic carbocycles. The molecule has 0 radical (unpaired) electrons. The van der Waals surface area contributed by atoms with Crippen LogP contribution < -0.4 is 0 Å². The standard InChI is InChI=1S/C16H16O4/c1-10(2)9-20-16(19)14-6-4-11-7-13(15(17)18)5-3-12(11)8-14/h3-8,10H,9H2,1-2H3,(H,17,18). The minimum Gasteiger partial charge on any atom is -0.478 e. The molecule has 104 valence electrons. The van der Waals surface area contributed by atoms with Crippen LogP contribution >= 0.6 is 0 Å². The summed E-state index contributed by atoms with van der Waals surface area (Å²) >= 11 is 0. The third kappa shape index (κ3) is 3.15. The van der Waals surface area contributed by atoms with Gasteiger partial charge in [0.15, 0.2) is 0 Å². The van der Waals surface area contributed by atoms with E-state index in [1.54, 1.807) is 30.3 Å². The number of hydrogen-bond acceptors (Lipinski definition) is 3. The van der Waals surface area contributed by atoms with Crippen molar-refractivity contribution in [3.05, 3.63) is 47.5 Å². The van der Waals surface area contributed by atoms with Gasteiger partial charge in [0.05, 0.1) is 17.7 Å². The monoisotopic (exact) mass is 272 g/mol. The van der Waals surface area contributed by atoms with Crippen LogP contribution in [0.1, 0.15) is 34.6 Å². The number of carboxylic acid groups (broad SMARTS) is 1. The highest BCUT2D eigenvalue weighted by molar-refractivity contribution is 5.98. The predicted molar refractivity (Wildman–Crippen MR) is 76.0 cm³/mol. The van der Waals surface area contributed by atoms with Gasteiger partial charge in [-0.3, -0.25) is 0 Å². The van der Waals surface area contributed by atoms with Crippen molar-refractivity contribution in [3.63, 3.8) is 0 Å². The fourth-order valence-electron chi connectivity index (χ4n) is 1.83. The number of fused-ring (bicyclic) bond motifs is 1. The molecule has 2 aromatic rings. The molecule has 0 unspecified atom stereocenters. The van der Waals surface area contributed by atoms with Gasteiger partial charge < -0.3 is 9.84 Å². The summed E-state index contributed by atoms with van der Waals surface area (Å²) in [5.74, 6) is -1.03. The van der Waals surface area contributed by atoms with Crippen molar-refractivity contribution < 1.29 is 19.4 Å². The molecule has 20 heavy (non-hydrogen) atoms. The summed E-state index contributed by atoms with van der Waals surface area (Å²) < 4.78 is 5.17. The van der Waals surface area contributed by atoms with Gasteiger partial charge in [-0.2, -0.15) is 0 Å². The van der Waals surface area contributed by atoms with Gasteiger partial charge >= 0.3 is 11.9 Å². The second kappa shape index (κ2) is 5.74. The van der Waals surface area contributed by atoms with E-state index >= 15 is 0 Å². The van der Waals surface area contributed by atoms with Crippen LogP contribution in [0.4, 0.5) is 0 Å². The lowest BCUT2D eigenvalue weighted by Crippen LogP contribution is -2.10. The fourth-order valence-corrected chi connectivity index (χ4v) is 1.83. The minimum absolute atomic E-state index is 0.229. The topological polar surface area (TPSA) is 63.6 Å². The van der Waals surface area contributed by atoms with Gasteiger partial charge in [0.25, 0.3) is 0 Å². The van der Waals surface area contributed by atoms with E-state index < -0.39 is 5.97 Å². The quantitative estimate of drug-likeness (QED) is 0.867. The van der Waals surface area contributed by atoms with E-state index in [0.717, 1.165) is 10.8 Å². The molecular weight excluding hydrogens is 256 g/mol. The van der Waals surface area contributed by atoms with Crippen molar-refractivity contribution in [2.24, 2.45) is 5.92 Å². The Labute approximate surface area is 117 Å². The van der Waals surface area contributed by atoms with Crippen LogP contribution in [0, 0.1) is 5.92 Å². The van der Waals surface area contributed by atoms with E-state index in [1.807, 2.05) is 13.8 Å². The number of rotatable bonds is 4. The molecule has 4 nitrogen and oxygen atoms in total. The first kappa shape index (κ1) is 14.1. The van der Waals surface area contributed by atoms with Crippen molar-refractivity contribution >= 4 is 22.7 Å². The van der Waals surface area contributed by atoms with Crippen LogP contribution in [0.2, 0.25) is 0 Å². The maximum atomic E-state index is 11.9. The fraction of sp³-hybridized carbons (Fsp3) is 0.250. The lowest BCUT2D eigenvalue weighted by molar-refractivity contribution is 0.0459. The molecular formula is C16H16O4. The van der Waals surface area contributed by atoms with Crippen molar-refractivity contribution in [1.29, 1.82) is 0 Å². The van der Waals surface area contributed by atoms with Crippen LogP contribution in [-0.4, -0.2) is 23.7 Å². The van der Waals surface area contributed by atoms with Gasteiger partial charge in [0.1, 0.15) is 0 Å². The summed E-state index contributed by atoms with van der Waals surface area (Å²) in [7, 11) is 0. The van der Waals surface area contributed by atoms with Crippen molar-refractivity contribution in [1.82, 2.24) is 0 Å². The first-order chi connectivity index (χ1) is 9.47. The second-order valence-electron chi connectivity index (χ2n) is 5.07. The minimum atomic E-state index is -0.965. The molecule has 0 amide bonds. The third-order valence-electron chi connectivity index (χ3n) is 2.87. The highest BCUT2D eigenvalue weighted by atomic mass is 16.5. The summed E-state index contributed by atoms with van der Waals surface area (Å²) in [6.45, 7) is 4.33. The summed E-state index contributed by atoms with van der Waals surface area (Å²) in [6, 6.07) is 9.89. The number of carbonyl (C=O) groups excluding carboxylic acids is 1. The molecule has 0 spiro atoms. The lowest BCUT2D eigenvalue weighted by Gasteiger charge is -2.08. The summed E-state index contributed by atoms with van der Waals surface area (Å²) in [5, 5.41) is 10.5. The molecule has 0 aliphatic rings. The number of esters is 1. The Kier molecular flexibility index (Phi) is 4.03. The van der Waals surface area contributed by atoms with E-state index in [9.17, 15) is 9.59 Å². The van der Waals surface area contributed by atoms with E-state index in [4.69, 9.17) is 9.84 Å². The molecule has 0 saturated heterocycles. The Bertz CT molecular complexity index is 659. The van der Waals surface area contributed by atoms with E-state index in [2.05, 4.69) is 0 Å². The largest absolute Gasteiger partial charge is 0.478 e. The van der Waals surface area contributed by atoms with Crippen LogP contribution in [0.3, 0.4) is 0 Å². The highest BCUT2D eigenvalue weighted by Crippen LogP contribution is 2.19. The van der Waals surface area contributed by atoms with Gasteiger partial charge in [0.2, 0.25) is 0 Å². The molecule has 2 rings (SSSR count). The molecule has 0 bridgehead atoms. The Morgan fingerprint density at radius 2 is 1.60 bits per heavy atom. The molecule has 0 heterocycles. The van der Waals surface area contributed by atoms with E-state index in [-0.39, 0.29) is 17.5 Å². The third-order valence-corrected chi connectivity index (χ3v) is 2.87.